The third-order valence-corrected chi connectivity index (χ3v) is 5.24. The summed E-state index contributed by atoms with van der Waals surface area (Å²) in [5.41, 5.74) is 7.75. The molecular weight excluding hydrogens is 294 g/mol. The van der Waals surface area contributed by atoms with Gasteiger partial charge in [-0.25, -0.2) is 0 Å². The molecule has 0 aliphatic carbocycles. The second kappa shape index (κ2) is 4.84. The minimum absolute atomic E-state index is 0.893. The van der Waals surface area contributed by atoms with Crippen LogP contribution in [-0.4, -0.2) is 25.1 Å². The van der Waals surface area contributed by atoms with Crippen molar-refractivity contribution in [2.45, 2.75) is 6.42 Å². The summed E-state index contributed by atoms with van der Waals surface area (Å²) in [7, 11) is 2.15. The van der Waals surface area contributed by atoms with Gasteiger partial charge in [-0.3, -0.25) is 4.98 Å². The molecular formula is C21H19N3. The molecule has 0 N–H and O–H groups in total. The summed E-state index contributed by atoms with van der Waals surface area (Å²) in [6.45, 7) is 6.19. The number of benzene rings is 2. The molecule has 24 heavy (non-hydrogen) atoms. The molecule has 0 spiro atoms. The topological polar surface area (TPSA) is 19.4 Å². The highest BCUT2D eigenvalue weighted by Crippen LogP contribution is 2.45. The Bertz CT molecular complexity index is 984. The molecule has 118 valence electrons. The van der Waals surface area contributed by atoms with Gasteiger partial charge in [0.2, 0.25) is 0 Å². The Morgan fingerprint density at radius 1 is 1.12 bits per heavy atom. The fraction of sp³-hybridized carbons (Fsp3) is 0.190. The zero-order chi connectivity index (χ0) is 16.3. The maximum atomic E-state index is 4.46. The van der Waals surface area contributed by atoms with Crippen LogP contribution in [0.2, 0.25) is 0 Å². The molecule has 2 aliphatic rings. The first-order valence-electron chi connectivity index (χ1n) is 8.39. The maximum absolute atomic E-state index is 4.46. The number of fused-ring (bicyclic) bond motifs is 1. The minimum Gasteiger partial charge on any atom is -0.367 e. The van der Waals surface area contributed by atoms with Crippen molar-refractivity contribution in [2.75, 3.05) is 29.9 Å². The van der Waals surface area contributed by atoms with Crippen molar-refractivity contribution >= 4 is 22.1 Å². The molecule has 3 nitrogen and oxygen atoms in total. The first-order valence-corrected chi connectivity index (χ1v) is 8.39. The van der Waals surface area contributed by atoms with E-state index < -0.39 is 0 Å². The number of hydrogen-bond acceptors (Lipinski definition) is 3. The smallest absolute Gasteiger partial charge is 0.0680 e. The van der Waals surface area contributed by atoms with Crippen molar-refractivity contribution in [2.24, 2.45) is 0 Å². The van der Waals surface area contributed by atoms with Gasteiger partial charge < -0.3 is 9.80 Å². The molecule has 0 unspecified atom stereocenters. The van der Waals surface area contributed by atoms with Crippen molar-refractivity contribution in [1.29, 1.82) is 0 Å². The second-order valence-corrected chi connectivity index (χ2v) is 6.74. The van der Waals surface area contributed by atoms with E-state index in [0.717, 1.165) is 19.5 Å². The summed E-state index contributed by atoms with van der Waals surface area (Å²) in [6, 6.07) is 13.1. The van der Waals surface area contributed by atoms with E-state index >= 15 is 0 Å². The molecule has 3 heterocycles. The number of rotatable bonds is 1. The standard InChI is InChI=1S/C21H19N3/c1-14-13-23(2)20-10-17(9-15-7-8-24(14)21(15)20)19-12-22-11-16-5-3-4-6-18(16)19/h3-6,9-12H,1,7-8,13H2,2H3. The SMILES string of the molecule is C=C1CN(C)c2cc(-c3cncc4ccccc34)cc3c2N1CC3. The van der Waals surface area contributed by atoms with Crippen LogP contribution in [0.3, 0.4) is 0 Å². The summed E-state index contributed by atoms with van der Waals surface area (Å²) in [5.74, 6) is 0. The maximum Gasteiger partial charge on any atom is 0.0680 e. The van der Waals surface area contributed by atoms with Gasteiger partial charge in [0, 0.05) is 42.6 Å². The molecule has 2 aliphatic heterocycles. The predicted molar refractivity (Wildman–Crippen MR) is 101 cm³/mol. The molecule has 0 bridgehead atoms. The third kappa shape index (κ3) is 1.81. The minimum atomic E-state index is 0.893. The molecule has 0 amide bonds. The van der Waals surface area contributed by atoms with Crippen LogP contribution < -0.4 is 9.80 Å². The fourth-order valence-electron chi connectivity index (χ4n) is 4.08. The molecule has 3 aromatic rings. The molecule has 0 fully saturated rings. The summed E-state index contributed by atoms with van der Waals surface area (Å²) < 4.78 is 0. The largest absolute Gasteiger partial charge is 0.367 e. The summed E-state index contributed by atoms with van der Waals surface area (Å²) in [5, 5.41) is 2.45. The summed E-state index contributed by atoms with van der Waals surface area (Å²) in [4.78, 5) is 9.16. The molecule has 2 aromatic carbocycles. The average Bonchev–Trinajstić information content (AvgIpc) is 3.04. The summed E-state index contributed by atoms with van der Waals surface area (Å²) in [6.07, 6.45) is 5.01. The van der Waals surface area contributed by atoms with Crippen LogP contribution in [-0.2, 0) is 6.42 Å². The van der Waals surface area contributed by atoms with Gasteiger partial charge in [0.05, 0.1) is 17.9 Å². The predicted octanol–water partition coefficient (Wildman–Crippen LogP) is 4.23. The van der Waals surface area contributed by atoms with Crippen molar-refractivity contribution in [3.8, 4) is 11.1 Å². The Hall–Kier alpha value is -2.81. The monoisotopic (exact) mass is 313 g/mol. The van der Waals surface area contributed by atoms with Gasteiger partial charge >= 0.3 is 0 Å². The molecule has 3 heteroatoms. The molecule has 0 atom stereocenters. The van der Waals surface area contributed by atoms with E-state index in [9.17, 15) is 0 Å². The molecule has 0 radical (unpaired) electrons. The molecule has 5 rings (SSSR count). The van der Waals surface area contributed by atoms with Gasteiger partial charge in [-0.05, 0) is 35.1 Å². The van der Waals surface area contributed by atoms with Crippen LogP contribution >= 0.6 is 0 Å². The number of anilines is 2. The number of hydrogen-bond donors (Lipinski definition) is 0. The van der Waals surface area contributed by atoms with Crippen LogP contribution in [0.1, 0.15) is 5.56 Å². The van der Waals surface area contributed by atoms with Gasteiger partial charge in [-0.2, -0.15) is 0 Å². The van der Waals surface area contributed by atoms with Crippen molar-refractivity contribution < 1.29 is 0 Å². The van der Waals surface area contributed by atoms with E-state index in [4.69, 9.17) is 0 Å². The lowest BCUT2D eigenvalue weighted by molar-refractivity contribution is 0.854. The molecule has 0 saturated heterocycles. The van der Waals surface area contributed by atoms with Crippen LogP contribution in [0.5, 0.6) is 0 Å². The highest BCUT2D eigenvalue weighted by molar-refractivity contribution is 5.98. The zero-order valence-electron chi connectivity index (χ0n) is 13.8. The normalized spacial score (nSPS) is 16.0. The Labute approximate surface area is 141 Å². The lowest BCUT2D eigenvalue weighted by Gasteiger charge is -2.36. The average molecular weight is 313 g/mol. The van der Waals surface area contributed by atoms with Crippen LogP contribution in [0.15, 0.2) is 61.1 Å². The van der Waals surface area contributed by atoms with Crippen molar-refractivity contribution in [3.63, 3.8) is 0 Å². The van der Waals surface area contributed by atoms with E-state index in [0.29, 0.717) is 0 Å². The van der Waals surface area contributed by atoms with Gasteiger partial charge in [-0.1, -0.05) is 30.8 Å². The van der Waals surface area contributed by atoms with E-state index in [1.165, 1.54) is 44.5 Å². The van der Waals surface area contributed by atoms with E-state index in [-0.39, 0.29) is 0 Å². The van der Waals surface area contributed by atoms with Crippen LogP contribution in [0.4, 0.5) is 11.4 Å². The number of nitrogens with zero attached hydrogens (tertiary/aromatic N) is 3. The Morgan fingerprint density at radius 2 is 2.00 bits per heavy atom. The number of likely N-dealkylation sites (N-methyl/N-ethyl adjacent to an activating group) is 1. The van der Waals surface area contributed by atoms with Gasteiger partial charge in [-0.15, -0.1) is 0 Å². The lowest BCUT2D eigenvalue weighted by Crippen LogP contribution is -2.35. The van der Waals surface area contributed by atoms with Gasteiger partial charge in [0.1, 0.15) is 0 Å². The third-order valence-electron chi connectivity index (χ3n) is 5.24. The van der Waals surface area contributed by atoms with Crippen molar-refractivity contribution in [3.05, 3.63) is 66.6 Å². The van der Waals surface area contributed by atoms with Gasteiger partial charge in [0.25, 0.3) is 0 Å². The first kappa shape index (κ1) is 13.6. The lowest BCUT2D eigenvalue weighted by atomic mass is 9.96. The fourth-order valence-corrected chi connectivity index (χ4v) is 4.08. The Kier molecular flexibility index (Phi) is 2.75. The van der Waals surface area contributed by atoms with E-state index in [1.54, 1.807) is 0 Å². The highest BCUT2D eigenvalue weighted by Gasteiger charge is 2.31. The Balaban J connectivity index is 1.77. The molecule has 0 saturated carbocycles. The highest BCUT2D eigenvalue weighted by atomic mass is 15.3. The number of aromatic nitrogens is 1. The van der Waals surface area contributed by atoms with E-state index in [1.807, 2.05) is 12.4 Å². The number of pyridine rings is 1. The van der Waals surface area contributed by atoms with E-state index in [2.05, 4.69) is 64.8 Å². The van der Waals surface area contributed by atoms with Crippen LogP contribution in [0, 0.1) is 0 Å². The van der Waals surface area contributed by atoms with Gasteiger partial charge in [0.15, 0.2) is 0 Å². The van der Waals surface area contributed by atoms with Crippen LogP contribution in [0.25, 0.3) is 21.9 Å². The summed E-state index contributed by atoms with van der Waals surface area (Å²) >= 11 is 0. The zero-order valence-corrected chi connectivity index (χ0v) is 13.8. The first-order chi connectivity index (χ1) is 11.7. The van der Waals surface area contributed by atoms with Crippen molar-refractivity contribution in [1.82, 2.24) is 4.98 Å². The second-order valence-electron chi connectivity index (χ2n) is 6.74. The molecule has 1 aromatic heterocycles. The Morgan fingerprint density at radius 3 is 2.92 bits per heavy atom. The quantitative estimate of drug-likeness (QED) is 0.670.